The molecule has 0 aliphatic heterocycles. The molecule has 0 unspecified atom stereocenters. The van der Waals surface area contributed by atoms with Gasteiger partial charge in [0.25, 0.3) is 0 Å². The second-order valence-electron chi connectivity index (χ2n) is 2.73. The second-order valence-corrected chi connectivity index (χ2v) is 4.33. The van der Waals surface area contributed by atoms with E-state index in [9.17, 15) is 13.0 Å². The third-order valence-electron chi connectivity index (χ3n) is 1.99. The molecule has 8 heteroatoms. The Labute approximate surface area is 98.4 Å². The summed E-state index contributed by atoms with van der Waals surface area (Å²) in [7, 11) is -4.29. The summed E-state index contributed by atoms with van der Waals surface area (Å²) in [6, 6.07) is -0.655. The Morgan fingerprint density at radius 2 is 2.08 bits per heavy atom. The fourth-order valence-corrected chi connectivity index (χ4v) is 2.47. The van der Waals surface area contributed by atoms with E-state index >= 15 is 0 Å². The molecule has 2 atom stereocenters. The molecule has 13 heavy (non-hydrogen) atoms. The number of hydrogen-bond acceptors (Lipinski definition) is 4. The maximum Gasteiger partial charge on any atom is 1.00 e. The Kier molecular flexibility index (Phi) is 5.28. The van der Waals surface area contributed by atoms with Crippen LogP contribution in [0.3, 0.4) is 0 Å². The molecular formula is C5H8N3NaO3S. The molecule has 0 amide bonds. The molecule has 0 saturated heterocycles. The Bertz CT molecular complexity index is 311. The summed E-state index contributed by atoms with van der Waals surface area (Å²) < 4.78 is 31.7. The molecular weight excluding hydrogens is 205 g/mol. The van der Waals surface area contributed by atoms with Crippen LogP contribution in [0.2, 0.25) is 0 Å². The Balaban J connectivity index is 0.00000144. The van der Waals surface area contributed by atoms with Gasteiger partial charge in [0.05, 0.1) is 21.4 Å². The van der Waals surface area contributed by atoms with Crippen molar-refractivity contribution in [2.24, 2.45) is 5.11 Å². The quantitative estimate of drug-likeness (QED) is 0.170. The minimum Gasteiger partial charge on any atom is -0.748 e. The molecule has 6 nitrogen and oxygen atoms in total. The second kappa shape index (κ2) is 5.19. The van der Waals surface area contributed by atoms with Crippen LogP contribution in [0.5, 0.6) is 0 Å². The molecule has 0 spiro atoms. The third kappa shape index (κ3) is 3.46. The van der Waals surface area contributed by atoms with Crippen molar-refractivity contribution in [3.05, 3.63) is 10.4 Å². The molecule has 0 bridgehead atoms. The van der Waals surface area contributed by atoms with Crippen LogP contribution in [0.4, 0.5) is 0 Å². The molecule has 0 N–H and O–H groups in total. The standard InChI is InChI=1S/C5H9N3O3S.Na/c6-8-7-4-2-1-3-5(4)12(9,10)11;/h4-5H,1-3H2,(H,9,10,11);/q;+1/p-1/t4-,5-;/m1./s1. The average Bonchev–Trinajstić information content (AvgIpc) is 2.34. The van der Waals surface area contributed by atoms with E-state index in [-0.39, 0.29) is 29.6 Å². The smallest absolute Gasteiger partial charge is 0.748 e. The van der Waals surface area contributed by atoms with Crippen LogP contribution in [0.1, 0.15) is 19.3 Å². The van der Waals surface area contributed by atoms with Crippen LogP contribution in [-0.2, 0) is 10.1 Å². The van der Waals surface area contributed by atoms with Crippen LogP contribution in [0.25, 0.3) is 10.4 Å². The van der Waals surface area contributed by atoms with Crippen LogP contribution >= 0.6 is 0 Å². The molecule has 68 valence electrons. The van der Waals surface area contributed by atoms with Gasteiger partial charge in [0, 0.05) is 4.91 Å². The normalized spacial score (nSPS) is 27.5. The number of nitrogens with zero attached hydrogens (tertiary/aromatic N) is 3. The minimum atomic E-state index is -4.29. The van der Waals surface area contributed by atoms with Crippen LogP contribution in [-0.4, -0.2) is 24.3 Å². The van der Waals surface area contributed by atoms with E-state index in [0.717, 1.165) is 0 Å². The zero-order chi connectivity index (χ0) is 9.19. The predicted octanol–water partition coefficient (Wildman–Crippen LogP) is -2.23. The molecule has 0 radical (unpaired) electrons. The Morgan fingerprint density at radius 3 is 2.54 bits per heavy atom. The summed E-state index contributed by atoms with van der Waals surface area (Å²) in [6.07, 6.45) is 1.45. The third-order valence-corrected chi connectivity index (χ3v) is 3.28. The molecule has 1 fully saturated rings. The van der Waals surface area contributed by atoms with Gasteiger partial charge in [-0.05, 0) is 18.4 Å². The van der Waals surface area contributed by atoms with E-state index < -0.39 is 21.4 Å². The molecule has 1 rings (SSSR count). The van der Waals surface area contributed by atoms with E-state index in [1.165, 1.54) is 0 Å². The maximum absolute atomic E-state index is 10.6. The van der Waals surface area contributed by atoms with Gasteiger partial charge in [-0.1, -0.05) is 11.5 Å². The monoisotopic (exact) mass is 213 g/mol. The van der Waals surface area contributed by atoms with Gasteiger partial charge in [-0.25, -0.2) is 8.42 Å². The van der Waals surface area contributed by atoms with Crippen molar-refractivity contribution in [3.8, 4) is 0 Å². The van der Waals surface area contributed by atoms with Crippen LogP contribution in [0.15, 0.2) is 5.11 Å². The van der Waals surface area contributed by atoms with Crippen molar-refractivity contribution in [3.63, 3.8) is 0 Å². The molecule has 1 aliphatic rings. The van der Waals surface area contributed by atoms with Gasteiger partial charge in [0.1, 0.15) is 0 Å². The zero-order valence-corrected chi connectivity index (χ0v) is 10.1. The van der Waals surface area contributed by atoms with Crippen LogP contribution < -0.4 is 29.6 Å². The number of hydrogen-bond donors (Lipinski definition) is 0. The van der Waals surface area contributed by atoms with Crippen molar-refractivity contribution in [1.82, 2.24) is 0 Å². The summed E-state index contributed by atoms with van der Waals surface area (Å²) in [5.74, 6) is 0. The first-order chi connectivity index (χ1) is 5.55. The maximum atomic E-state index is 10.6. The SMILES string of the molecule is [N-]=[N+]=N[C@@H]1CCC[C@H]1S(=O)(=O)[O-].[Na+]. The van der Waals surface area contributed by atoms with Gasteiger partial charge in [0.15, 0.2) is 0 Å². The average molecular weight is 213 g/mol. The van der Waals surface area contributed by atoms with Crippen molar-refractivity contribution in [2.75, 3.05) is 0 Å². The minimum absolute atomic E-state index is 0. The van der Waals surface area contributed by atoms with E-state index in [0.29, 0.717) is 19.3 Å². The van der Waals surface area contributed by atoms with E-state index in [1.807, 2.05) is 0 Å². The molecule has 0 aromatic carbocycles. The molecule has 0 aromatic heterocycles. The van der Waals surface area contributed by atoms with E-state index in [2.05, 4.69) is 10.0 Å². The van der Waals surface area contributed by atoms with E-state index in [4.69, 9.17) is 5.53 Å². The van der Waals surface area contributed by atoms with Gasteiger partial charge in [-0.3, -0.25) is 0 Å². The van der Waals surface area contributed by atoms with E-state index in [1.54, 1.807) is 0 Å². The number of azide groups is 1. The molecule has 0 heterocycles. The largest absolute Gasteiger partial charge is 1.00 e. The van der Waals surface area contributed by atoms with Gasteiger partial charge in [0.2, 0.25) is 0 Å². The first-order valence-electron chi connectivity index (χ1n) is 3.54. The number of rotatable bonds is 2. The Hall–Kier alpha value is 0.220. The summed E-state index contributed by atoms with van der Waals surface area (Å²) in [5.41, 5.74) is 8.07. The predicted molar refractivity (Wildman–Crippen MR) is 40.3 cm³/mol. The molecule has 1 aliphatic carbocycles. The summed E-state index contributed by atoms with van der Waals surface area (Å²) >= 11 is 0. The van der Waals surface area contributed by atoms with Gasteiger partial charge < -0.3 is 4.55 Å². The summed E-state index contributed by atoms with van der Waals surface area (Å²) in [4.78, 5) is 2.50. The zero-order valence-electron chi connectivity index (χ0n) is 7.25. The fraction of sp³-hybridized carbons (Fsp3) is 1.00. The van der Waals surface area contributed by atoms with Gasteiger partial charge in [-0.2, -0.15) is 0 Å². The molecule has 0 aromatic rings. The van der Waals surface area contributed by atoms with Gasteiger partial charge in [-0.15, -0.1) is 0 Å². The fourth-order valence-electron chi connectivity index (χ4n) is 1.44. The van der Waals surface area contributed by atoms with Gasteiger partial charge >= 0.3 is 29.6 Å². The first kappa shape index (κ1) is 13.2. The van der Waals surface area contributed by atoms with Crippen molar-refractivity contribution < 1.29 is 42.5 Å². The summed E-state index contributed by atoms with van der Waals surface area (Å²) in [5, 5.41) is 2.27. The Morgan fingerprint density at radius 1 is 1.46 bits per heavy atom. The van der Waals surface area contributed by atoms with Crippen LogP contribution in [0, 0.1) is 0 Å². The van der Waals surface area contributed by atoms with Crippen molar-refractivity contribution in [1.29, 1.82) is 0 Å². The van der Waals surface area contributed by atoms with Crippen molar-refractivity contribution in [2.45, 2.75) is 30.6 Å². The summed E-state index contributed by atoms with van der Waals surface area (Å²) in [6.45, 7) is 0. The first-order valence-corrected chi connectivity index (χ1v) is 5.02. The molecule has 1 saturated carbocycles. The topological polar surface area (TPSA) is 106 Å². The van der Waals surface area contributed by atoms with Crippen molar-refractivity contribution >= 4 is 10.1 Å².